The Morgan fingerprint density at radius 2 is 1.79 bits per heavy atom. The van der Waals surface area contributed by atoms with Gasteiger partial charge in [0, 0.05) is 16.8 Å². The maximum absolute atomic E-state index is 11.9. The second-order valence-electron chi connectivity index (χ2n) is 4.29. The maximum atomic E-state index is 11.9. The first-order valence-corrected chi connectivity index (χ1v) is 5.90. The monoisotopic (exact) mass is 252 g/mol. The van der Waals surface area contributed by atoms with Gasteiger partial charge in [-0.1, -0.05) is 30.3 Å². The molecule has 0 unspecified atom stereocenters. The lowest BCUT2D eigenvalue weighted by Gasteiger charge is -2.00. The lowest BCUT2D eigenvalue weighted by molar-refractivity contribution is -0.110. The summed E-state index contributed by atoms with van der Waals surface area (Å²) in [6.07, 6.45) is 1.84. The van der Waals surface area contributed by atoms with Gasteiger partial charge in [0.2, 0.25) is 0 Å². The van der Waals surface area contributed by atoms with Crippen molar-refractivity contribution in [2.75, 3.05) is 10.8 Å². The zero-order chi connectivity index (χ0) is 13.2. The average Bonchev–Trinajstić information content (AvgIpc) is 2.76. The zero-order valence-electron chi connectivity index (χ0n) is 10.1. The van der Waals surface area contributed by atoms with Gasteiger partial charge in [-0.15, -0.1) is 0 Å². The number of carbonyl (C=O) groups is 1. The molecule has 0 saturated carbocycles. The number of benzene rings is 2. The minimum atomic E-state index is -0.0921. The quantitative estimate of drug-likeness (QED) is 0.568. The van der Waals surface area contributed by atoms with Crippen molar-refractivity contribution in [3.8, 4) is 0 Å². The summed E-state index contributed by atoms with van der Waals surface area (Å²) in [7, 11) is 0. The third-order valence-electron chi connectivity index (χ3n) is 3.06. The SMILES string of the molecule is O=C1Nc2ccccc2/C1=C\c1ccc(NO)cc1. The first-order chi connectivity index (χ1) is 9.28. The van der Waals surface area contributed by atoms with E-state index in [0.29, 0.717) is 11.3 Å². The minimum absolute atomic E-state index is 0.0921. The molecule has 4 heteroatoms. The molecule has 0 aliphatic carbocycles. The Morgan fingerprint density at radius 1 is 1.05 bits per heavy atom. The van der Waals surface area contributed by atoms with E-state index >= 15 is 0 Å². The van der Waals surface area contributed by atoms with Gasteiger partial charge in [-0.05, 0) is 29.8 Å². The van der Waals surface area contributed by atoms with Crippen LogP contribution in [0.1, 0.15) is 11.1 Å². The molecule has 2 aromatic rings. The molecule has 3 N–H and O–H groups in total. The summed E-state index contributed by atoms with van der Waals surface area (Å²) in [6, 6.07) is 14.8. The number of nitrogens with one attached hydrogen (secondary N) is 2. The second kappa shape index (κ2) is 4.59. The van der Waals surface area contributed by atoms with E-state index in [4.69, 9.17) is 5.21 Å². The van der Waals surface area contributed by atoms with Crippen LogP contribution in [0.5, 0.6) is 0 Å². The van der Waals surface area contributed by atoms with Crippen molar-refractivity contribution in [1.82, 2.24) is 0 Å². The number of carbonyl (C=O) groups excluding carboxylic acids is 1. The number of para-hydroxylation sites is 1. The van der Waals surface area contributed by atoms with E-state index in [1.54, 1.807) is 12.1 Å². The highest BCUT2D eigenvalue weighted by molar-refractivity contribution is 6.34. The fourth-order valence-electron chi connectivity index (χ4n) is 2.10. The van der Waals surface area contributed by atoms with E-state index in [-0.39, 0.29) is 5.91 Å². The van der Waals surface area contributed by atoms with Gasteiger partial charge in [0.05, 0.1) is 5.69 Å². The predicted octanol–water partition coefficient (Wildman–Crippen LogP) is 2.98. The fraction of sp³-hybridized carbons (Fsp3) is 0. The van der Waals surface area contributed by atoms with E-state index in [0.717, 1.165) is 16.8 Å². The summed E-state index contributed by atoms with van der Waals surface area (Å²) >= 11 is 0. The first-order valence-electron chi connectivity index (χ1n) is 5.90. The van der Waals surface area contributed by atoms with E-state index in [1.807, 2.05) is 42.5 Å². The molecule has 0 bridgehead atoms. The van der Waals surface area contributed by atoms with Crippen LogP contribution in [0.4, 0.5) is 11.4 Å². The van der Waals surface area contributed by atoms with Crippen molar-refractivity contribution in [2.24, 2.45) is 0 Å². The molecular weight excluding hydrogens is 240 g/mol. The van der Waals surface area contributed by atoms with Crippen molar-refractivity contribution < 1.29 is 10.0 Å². The van der Waals surface area contributed by atoms with Crippen LogP contribution in [0.15, 0.2) is 48.5 Å². The second-order valence-corrected chi connectivity index (χ2v) is 4.29. The topological polar surface area (TPSA) is 61.4 Å². The van der Waals surface area contributed by atoms with Gasteiger partial charge in [-0.3, -0.25) is 15.5 Å². The van der Waals surface area contributed by atoms with E-state index in [9.17, 15) is 4.79 Å². The summed E-state index contributed by atoms with van der Waals surface area (Å²) < 4.78 is 0. The Kier molecular flexibility index (Phi) is 2.78. The predicted molar refractivity (Wildman–Crippen MR) is 74.8 cm³/mol. The lowest BCUT2D eigenvalue weighted by atomic mass is 10.0. The van der Waals surface area contributed by atoms with Crippen LogP contribution in [-0.2, 0) is 4.79 Å². The molecule has 1 heterocycles. The van der Waals surface area contributed by atoms with Crippen molar-refractivity contribution in [2.45, 2.75) is 0 Å². The van der Waals surface area contributed by atoms with Gasteiger partial charge < -0.3 is 5.32 Å². The molecular formula is C15H12N2O2. The Morgan fingerprint density at radius 3 is 2.53 bits per heavy atom. The van der Waals surface area contributed by atoms with Crippen LogP contribution >= 0.6 is 0 Å². The number of anilines is 2. The molecule has 0 aromatic heterocycles. The van der Waals surface area contributed by atoms with Gasteiger partial charge in [0.25, 0.3) is 5.91 Å². The molecule has 19 heavy (non-hydrogen) atoms. The summed E-state index contributed by atoms with van der Waals surface area (Å²) in [5.74, 6) is -0.0921. The summed E-state index contributed by atoms with van der Waals surface area (Å²) in [5.41, 5.74) is 5.99. The van der Waals surface area contributed by atoms with Crippen LogP contribution in [0.25, 0.3) is 11.6 Å². The van der Waals surface area contributed by atoms with Crippen molar-refractivity contribution in [3.63, 3.8) is 0 Å². The largest absolute Gasteiger partial charge is 0.321 e. The number of hydrogen-bond donors (Lipinski definition) is 3. The molecule has 94 valence electrons. The minimum Gasteiger partial charge on any atom is -0.321 e. The normalized spacial score (nSPS) is 15.2. The Hall–Kier alpha value is -2.59. The lowest BCUT2D eigenvalue weighted by Crippen LogP contribution is -2.03. The molecule has 0 saturated heterocycles. The van der Waals surface area contributed by atoms with E-state index < -0.39 is 0 Å². The number of fused-ring (bicyclic) bond motifs is 1. The molecule has 1 aliphatic heterocycles. The van der Waals surface area contributed by atoms with Crippen molar-refractivity contribution >= 4 is 28.9 Å². The van der Waals surface area contributed by atoms with Crippen molar-refractivity contribution in [3.05, 3.63) is 59.7 Å². The van der Waals surface area contributed by atoms with E-state index in [1.165, 1.54) is 0 Å². The first kappa shape index (κ1) is 11.5. The Balaban J connectivity index is 2.01. The highest BCUT2D eigenvalue weighted by Gasteiger charge is 2.22. The van der Waals surface area contributed by atoms with Gasteiger partial charge in [0.15, 0.2) is 0 Å². The van der Waals surface area contributed by atoms with Gasteiger partial charge >= 0.3 is 0 Å². The Bertz CT molecular complexity index is 660. The molecule has 0 atom stereocenters. The van der Waals surface area contributed by atoms with E-state index in [2.05, 4.69) is 10.8 Å². The smallest absolute Gasteiger partial charge is 0.256 e. The van der Waals surface area contributed by atoms with Crippen LogP contribution in [0, 0.1) is 0 Å². The van der Waals surface area contributed by atoms with Crippen LogP contribution in [0.3, 0.4) is 0 Å². The van der Waals surface area contributed by atoms with Crippen LogP contribution in [-0.4, -0.2) is 11.1 Å². The molecule has 2 aromatic carbocycles. The molecule has 0 fully saturated rings. The third kappa shape index (κ3) is 2.09. The number of hydrogen-bond acceptors (Lipinski definition) is 3. The Labute approximate surface area is 110 Å². The molecule has 3 rings (SSSR count). The molecule has 4 nitrogen and oxygen atoms in total. The van der Waals surface area contributed by atoms with Gasteiger partial charge in [-0.2, -0.15) is 0 Å². The number of rotatable bonds is 2. The molecule has 0 spiro atoms. The molecule has 1 aliphatic rings. The summed E-state index contributed by atoms with van der Waals surface area (Å²) in [4.78, 5) is 11.9. The molecule has 0 radical (unpaired) electrons. The van der Waals surface area contributed by atoms with Gasteiger partial charge in [0.1, 0.15) is 0 Å². The molecule has 1 amide bonds. The summed E-state index contributed by atoms with van der Waals surface area (Å²) in [6.45, 7) is 0. The van der Waals surface area contributed by atoms with Crippen LogP contribution in [0.2, 0.25) is 0 Å². The van der Waals surface area contributed by atoms with Gasteiger partial charge in [-0.25, -0.2) is 0 Å². The van der Waals surface area contributed by atoms with Crippen molar-refractivity contribution in [1.29, 1.82) is 0 Å². The fourth-order valence-corrected chi connectivity index (χ4v) is 2.10. The maximum Gasteiger partial charge on any atom is 0.256 e. The zero-order valence-corrected chi connectivity index (χ0v) is 10.1. The summed E-state index contributed by atoms with van der Waals surface area (Å²) in [5, 5.41) is 11.6. The highest BCUT2D eigenvalue weighted by Crippen LogP contribution is 2.32. The number of amides is 1. The van der Waals surface area contributed by atoms with Crippen LogP contribution < -0.4 is 10.8 Å². The highest BCUT2D eigenvalue weighted by atomic mass is 16.5. The standard InChI is InChI=1S/C15H12N2O2/c18-15-13(12-3-1-2-4-14(12)16-15)9-10-5-7-11(17-19)8-6-10/h1-9,17,19H,(H,16,18)/b13-9+. The average molecular weight is 252 g/mol. The third-order valence-corrected chi connectivity index (χ3v) is 3.06.